The fourth-order valence-corrected chi connectivity index (χ4v) is 0.270. The van der Waals surface area contributed by atoms with E-state index in [1.54, 1.807) is 0 Å². The van der Waals surface area contributed by atoms with Crippen LogP contribution in [0.2, 0.25) is 0 Å². The lowest BCUT2D eigenvalue weighted by Gasteiger charge is -2.05. The Morgan fingerprint density at radius 1 is 1.55 bits per heavy atom. The van der Waals surface area contributed by atoms with Crippen LogP contribution in [0.4, 0.5) is 8.78 Å². The van der Waals surface area contributed by atoms with E-state index in [2.05, 4.69) is 11.5 Å². The van der Waals surface area contributed by atoms with Crippen molar-refractivity contribution in [1.82, 2.24) is 0 Å². The smallest absolute Gasteiger partial charge is 0.292 e. The van der Waals surface area contributed by atoms with Gasteiger partial charge in [0.1, 0.15) is 0 Å². The van der Waals surface area contributed by atoms with Crippen molar-refractivity contribution < 1.29 is 28.5 Å². The highest BCUT2D eigenvalue weighted by Gasteiger charge is 2.41. The average molecular weight is 166 g/mol. The standard InChI is InChI=1S/C5H4F2O4/c1-2-5(6,7)3(8)4(9)11-10/h2,10H,1H2. The molecule has 0 fully saturated rings. The number of halogens is 2. The minimum Gasteiger partial charge on any atom is -0.292 e. The third kappa shape index (κ3) is 2.08. The highest BCUT2D eigenvalue weighted by atomic mass is 19.3. The van der Waals surface area contributed by atoms with Crippen molar-refractivity contribution in [2.75, 3.05) is 0 Å². The molecular weight excluding hydrogens is 162 g/mol. The molecule has 11 heavy (non-hydrogen) atoms. The number of ketones is 1. The Morgan fingerprint density at radius 3 is 2.27 bits per heavy atom. The van der Waals surface area contributed by atoms with Crippen LogP contribution in [-0.4, -0.2) is 22.9 Å². The molecule has 0 aliphatic carbocycles. The highest BCUT2D eigenvalue weighted by molar-refractivity contribution is 6.36. The van der Waals surface area contributed by atoms with Gasteiger partial charge < -0.3 is 0 Å². The van der Waals surface area contributed by atoms with Crippen LogP contribution in [0.3, 0.4) is 0 Å². The number of hydrogen-bond donors (Lipinski definition) is 1. The Hall–Kier alpha value is -1.30. The van der Waals surface area contributed by atoms with Crippen molar-refractivity contribution in [3.8, 4) is 0 Å². The normalized spacial score (nSPS) is 10.5. The molecule has 4 nitrogen and oxygen atoms in total. The summed E-state index contributed by atoms with van der Waals surface area (Å²) in [7, 11) is 0. The van der Waals surface area contributed by atoms with Crippen molar-refractivity contribution in [1.29, 1.82) is 0 Å². The summed E-state index contributed by atoms with van der Waals surface area (Å²) >= 11 is 0. The lowest BCUT2D eigenvalue weighted by molar-refractivity contribution is -0.234. The molecule has 1 N–H and O–H groups in total. The van der Waals surface area contributed by atoms with E-state index in [0.717, 1.165) is 0 Å². The molecule has 0 saturated heterocycles. The van der Waals surface area contributed by atoms with Gasteiger partial charge in [0.2, 0.25) is 0 Å². The van der Waals surface area contributed by atoms with Gasteiger partial charge in [-0.2, -0.15) is 14.0 Å². The summed E-state index contributed by atoms with van der Waals surface area (Å²) in [6, 6.07) is 0. The summed E-state index contributed by atoms with van der Waals surface area (Å²) in [4.78, 5) is 22.9. The number of alkyl halides is 2. The van der Waals surface area contributed by atoms with E-state index in [9.17, 15) is 18.4 Å². The minimum atomic E-state index is -3.99. The highest BCUT2D eigenvalue weighted by Crippen LogP contribution is 2.15. The molecule has 0 aromatic carbocycles. The van der Waals surface area contributed by atoms with E-state index >= 15 is 0 Å². The monoisotopic (exact) mass is 166 g/mol. The summed E-state index contributed by atoms with van der Waals surface area (Å²) in [5, 5.41) is 7.53. The molecule has 0 unspecified atom stereocenters. The number of hydrogen-bond acceptors (Lipinski definition) is 4. The van der Waals surface area contributed by atoms with Gasteiger partial charge in [0.05, 0.1) is 0 Å². The third-order valence-corrected chi connectivity index (χ3v) is 0.827. The molecule has 0 heterocycles. The molecule has 0 amide bonds. The second kappa shape index (κ2) is 3.20. The number of Topliss-reactive ketones (excluding diaryl/α,β-unsaturated/α-hetero) is 1. The van der Waals surface area contributed by atoms with E-state index in [-0.39, 0.29) is 6.08 Å². The van der Waals surface area contributed by atoms with Gasteiger partial charge in [0.25, 0.3) is 0 Å². The maximum Gasteiger partial charge on any atom is 0.414 e. The molecule has 0 radical (unpaired) electrons. The zero-order chi connectivity index (χ0) is 9.07. The van der Waals surface area contributed by atoms with Gasteiger partial charge in [0, 0.05) is 0 Å². The van der Waals surface area contributed by atoms with Crippen molar-refractivity contribution in [3.63, 3.8) is 0 Å². The minimum absolute atomic E-state index is 0.0216. The van der Waals surface area contributed by atoms with Crippen molar-refractivity contribution in [2.24, 2.45) is 0 Å². The summed E-state index contributed by atoms with van der Waals surface area (Å²) in [5.74, 6) is -8.16. The van der Waals surface area contributed by atoms with Crippen molar-refractivity contribution in [3.05, 3.63) is 12.7 Å². The van der Waals surface area contributed by atoms with Crippen LogP contribution in [0.25, 0.3) is 0 Å². The van der Waals surface area contributed by atoms with Gasteiger partial charge in [-0.3, -0.25) is 9.68 Å². The first kappa shape index (κ1) is 9.70. The quantitative estimate of drug-likeness (QED) is 0.285. The van der Waals surface area contributed by atoms with Crippen LogP contribution >= 0.6 is 0 Å². The number of carbonyl (C=O) groups is 2. The molecule has 0 aromatic heterocycles. The number of rotatable bonds is 3. The lowest BCUT2D eigenvalue weighted by Crippen LogP contribution is -2.33. The van der Waals surface area contributed by atoms with Gasteiger partial charge in [-0.05, 0) is 6.08 Å². The zero-order valence-electron chi connectivity index (χ0n) is 5.21. The maximum absolute atomic E-state index is 12.1. The van der Waals surface area contributed by atoms with E-state index in [0.29, 0.717) is 0 Å². The first-order valence-corrected chi connectivity index (χ1v) is 2.37. The van der Waals surface area contributed by atoms with E-state index in [4.69, 9.17) is 5.26 Å². The van der Waals surface area contributed by atoms with Crippen LogP contribution in [0.5, 0.6) is 0 Å². The Balaban J connectivity index is 4.48. The third-order valence-electron chi connectivity index (χ3n) is 0.827. The molecule has 0 saturated carbocycles. The summed E-state index contributed by atoms with van der Waals surface area (Å²) in [6.07, 6.45) is -0.0216. The Kier molecular flexibility index (Phi) is 2.82. The van der Waals surface area contributed by atoms with Crippen molar-refractivity contribution >= 4 is 11.8 Å². The fraction of sp³-hybridized carbons (Fsp3) is 0.200. The molecule has 0 rings (SSSR count). The average Bonchev–Trinajstić information content (AvgIpc) is 2.01. The molecule has 0 aliphatic heterocycles. The fourth-order valence-electron chi connectivity index (χ4n) is 0.270. The van der Waals surface area contributed by atoms with Crippen LogP contribution in [0.15, 0.2) is 12.7 Å². The molecule has 0 aromatic rings. The van der Waals surface area contributed by atoms with E-state index < -0.39 is 17.7 Å². The molecule has 0 aliphatic rings. The molecule has 0 atom stereocenters. The van der Waals surface area contributed by atoms with Crippen LogP contribution in [0.1, 0.15) is 0 Å². The second-order valence-corrected chi connectivity index (χ2v) is 1.53. The van der Waals surface area contributed by atoms with Gasteiger partial charge in [-0.25, -0.2) is 4.79 Å². The topological polar surface area (TPSA) is 63.6 Å². The number of allylic oxidation sites excluding steroid dienone is 1. The van der Waals surface area contributed by atoms with E-state index in [1.165, 1.54) is 0 Å². The predicted octanol–water partition coefficient (Wildman–Crippen LogP) is 0.393. The van der Waals surface area contributed by atoms with Crippen LogP contribution in [-0.2, 0) is 14.5 Å². The molecule has 62 valence electrons. The molecule has 6 heteroatoms. The largest absolute Gasteiger partial charge is 0.414 e. The zero-order valence-corrected chi connectivity index (χ0v) is 5.21. The van der Waals surface area contributed by atoms with Gasteiger partial charge >= 0.3 is 17.7 Å². The summed E-state index contributed by atoms with van der Waals surface area (Å²) in [5.41, 5.74) is 0. The van der Waals surface area contributed by atoms with Crippen LogP contribution in [0, 0.1) is 0 Å². The Bertz CT molecular complexity index is 199. The summed E-state index contributed by atoms with van der Waals surface area (Å²) < 4.78 is 24.2. The predicted molar refractivity (Wildman–Crippen MR) is 28.9 cm³/mol. The summed E-state index contributed by atoms with van der Waals surface area (Å²) in [6.45, 7) is 2.61. The lowest BCUT2D eigenvalue weighted by atomic mass is 10.2. The molecule has 0 spiro atoms. The molecule has 0 bridgehead atoms. The van der Waals surface area contributed by atoms with E-state index in [1.807, 2.05) is 0 Å². The number of carbonyl (C=O) groups excluding carboxylic acids is 2. The second-order valence-electron chi connectivity index (χ2n) is 1.53. The molecular formula is C5H4F2O4. The maximum atomic E-state index is 12.1. The first-order chi connectivity index (χ1) is 4.95. The SMILES string of the molecule is C=CC(F)(F)C(=O)C(=O)OO. The van der Waals surface area contributed by atoms with Crippen LogP contribution < -0.4 is 0 Å². The van der Waals surface area contributed by atoms with Gasteiger partial charge in [-0.1, -0.05) is 6.58 Å². The van der Waals surface area contributed by atoms with Gasteiger partial charge in [-0.15, -0.1) is 0 Å². The Morgan fingerprint density at radius 2 is 2.00 bits per heavy atom. The van der Waals surface area contributed by atoms with Crippen molar-refractivity contribution in [2.45, 2.75) is 5.92 Å². The van der Waals surface area contributed by atoms with Gasteiger partial charge in [0.15, 0.2) is 0 Å². The Labute approximate surface area is 60.0 Å². The first-order valence-electron chi connectivity index (χ1n) is 2.37.